The van der Waals surface area contributed by atoms with Gasteiger partial charge in [0.1, 0.15) is 5.82 Å². The van der Waals surface area contributed by atoms with Crippen molar-refractivity contribution in [3.05, 3.63) is 34.1 Å². The van der Waals surface area contributed by atoms with Gasteiger partial charge in [-0.2, -0.15) is 0 Å². The van der Waals surface area contributed by atoms with Crippen molar-refractivity contribution in [1.82, 2.24) is 4.90 Å². The van der Waals surface area contributed by atoms with Crippen LogP contribution in [0.15, 0.2) is 27.7 Å². The molecule has 2 aliphatic rings. The molecule has 2 N–H and O–H groups in total. The fourth-order valence-corrected chi connectivity index (χ4v) is 4.02. The van der Waals surface area contributed by atoms with Crippen molar-refractivity contribution in [2.24, 2.45) is 10.7 Å². The maximum absolute atomic E-state index is 13.6. The Hall–Kier alpha value is -1.10. The monoisotopic (exact) mass is 353 g/mol. The summed E-state index contributed by atoms with van der Waals surface area (Å²) in [5.74, 6) is 0.405. The number of aliphatic imine (C=N–C) groups is 1. The molecule has 1 unspecified atom stereocenters. The Balaban J connectivity index is 1.89. The Bertz CT molecular complexity index is 538. The third-order valence-corrected chi connectivity index (χ3v) is 5.28. The van der Waals surface area contributed by atoms with Crippen molar-refractivity contribution < 1.29 is 4.39 Å². The minimum atomic E-state index is -0.209. The zero-order valence-electron chi connectivity index (χ0n) is 12.1. The molecule has 0 bridgehead atoms. The molecule has 3 nitrogen and oxygen atoms in total. The van der Waals surface area contributed by atoms with Gasteiger partial charge >= 0.3 is 0 Å². The summed E-state index contributed by atoms with van der Waals surface area (Å²) < 4.78 is 14.6. The predicted molar refractivity (Wildman–Crippen MR) is 86.7 cm³/mol. The highest BCUT2D eigenvalue weighted by Crippen LogP contribution is 2.36. The first-order valence-electron chi connectivity index (χ1n) is 7.70. The Morgan fingerprint density at radius 2 is 1.90 bits per heavy atom. The quantitative estimate of drug-likeness (QED) is 0.817. The number of hydrogen-bond acceptors (Lipinski definition) is 3. The number of nitrogens with zero attached hydrogens (tertiary/aromatic N) is 2. The van der Waals surface area contributed by atoms with E-state index < -0.39 is 0 Å². The van der Waals surface area contributed by atoms with Gasteiger partial charge in [-0.1, -0.05) is 41.6 Å². The van der Waals surface area contributed by atoms with Crippen LogP contribution >= 0.6 is 15.9 Å². The molecule has 1 fully saturated rings. The highest BCUT2D eigenvalue weighted by molar-refractivity contribution is 9.10. The van der Waals surface area contributed by atoms with Gasteiger partial charge in [0.15, 0.2) is 5.96 Å². The van der Waals surface area contributed by atoms with Gasteiger partial charge < -0.3 is 10.6 Å². The van der Waals surface area contributed by atoms with Gasteiger partial charge in [-0.3, -0.25) is 4.99 Å². The molecular formula is C16H21BrFN3. The zero-order valence-corrected chi connectivity index (χ0v) is 13.7. The first kappa shape index (κ1) is 14.8. The lowest BCUT2D eigenvalue weighted by atomic mass is 10.0. The van der Waals surface area contributed by atoms with E-state index >= 15 is 0 Å². The van der Waals surface area contributed by atoms with Crippen molar-refractivity contribution in [3.63, 3.8) is 0 Å². The second-order valence-corrected chi connectivity index (χ2v) is 6.79. The second kappa shape index (κ2) is 6.34. The molecule has 1 aliphatic carbocycles. The van der Waals surface area contributed by atoms with Crippen molar-refractivity contribution in [2.75, 3.05) is 6.54 Å². The van der Waals surface area contributed by atoms with Crippen LogP contribution in [0.25, 0.3) is 0 Å². The fraction of sp³-hybridized carbons (Fsp3) is 0.562. The number of guanidine groups is 1. The zero-order chi connectivity index (χ0) is 14.8. The molecule has 0 saturated heterocycles. The smallest absolute Gasteiger partial charge is 0.192 e. The molecule has 1 aromatic carbocycles. The average Bonchev–Trinajstić information content (AvgIpc) is 2.69. The first-order valence-corrected chi connectivity index (χ1v) is 8.49. The van der Waals surface area contributed by atoms with E-state index in [1.165, 1.54) is 31.7 Å². The van der Waals surface area contributed by atoms with E-state index in [9.17, 15) is 4.39 Å². The first-order chi connectivity index (χ1) is 10.2. The highest BCUT2D eigenvalue weighted by atomic mass is 79.9. The Kier molecular flexibility index (Phi) is 4.48. The number of nitrogens with two attached hydrogens (primary N) is 1. The number of halogens is 2. The predicted octanol–water partition coefficient (Wildman–Crippen LogP) is 3.98. The van der Waals surface area contributed by atoms with Gasteiger partial charge in [-0.05, 0) is 36.6 Å². The van der Waals surface area contributed by atoms with Crippen LogP contribution in [0.2, 0.25) is 0 Å². The molecule has 3 rings (SSSR count). The van der Waals surface area contributed by atoms with Crippen LogP contribution in [0.5, 0.6) is 0 Å². The molecule has 0 aromatic heterocycles. The van der Waals surface area contributed by atoms with Gasteiger partial charge in [0.05, 0.1) is 12.6 Å². The van der Waals surface area contributed by atoms with Crippen molar-refractivity contribution in [1.29, 1.82) is 0 Å². The number of rotatable bonds is 2. The highest BCUT2D eigenvalue weighted by Gasteiger charge is 2.34. The summed E-state index contributed by atoms with van der Waals surface area (Å²) in [6, 6.07) is 5.33. The van der Waals surface area contributed by atoms with Gasteiger partial charge in [-0.15, -0.1) is 0 Å². The van der Waals surface area contributed by atoms with Crippen molar-refractivity contribution in [3.8, 4) is 0 Å². The standard InChI is InChI=1S/C16H21BrFN3/c17-14-8-7-11(18)9-13(14)15-10-20-16(19)21(15)12-5-3-1-2-4-6-12/h7-9,12,15H,1-6,10H2,(H2,19,20). The maximum Gasteiger partial charge on any atom is 0.192 e. The van der Waals surface area contributed by atoms with Crippen LogP contribution in [-0.2, 0) is 0 Å². The summed E-state index contributed by atoms with van der Waals surface area (Å²) >= 11 is 3.54. The van der Waals surface area contributed by atoms with E-state index in [2.05, 4.69) is 25.8 Å². The summed E-state index contributed by atoms with van der Waals surface area (Å²) in [6.07, 6.45) is 7.39. The van der Waals surface area contributed by atoms with Crippen LogP contribution < -0.4 is 5.73 Å². The molecule has 0 spiro atoms. The van der Waals surface area contributed by atoms with Gasteiger partial charge in [-0.25, -0.2) is 4.39 Å². The summed E-state index contributed by atoms with van der Waals surface area (Å²) in [5.41, 5.74) is 7.09. The molecule has 0 amide bonds. The Morgan fingerprint density at radius 1 is 1.19 bits per heavy atom. The summed E-state index contributed by atoms with van der Waals surface area (Å²) in [7, 11) is 0. The third-order valence-electron chi connectivity index (χ3n) is 4.56. The van der Waals surface area contributed by atoms with Crippen LogP contribution in [-0.4, -0.2) is 23.4 Å². The fourth-order valence-electron chi connectivity index (χ4n) is 3.50. The third kappa shape index (κ3) is 3.07. The second-order valence-electron chi connectivity index (χ2n) is 5.93. The van der Waals surface area contributed by atoms with Crippen LogP contribution in [0.4, 0.5) is 4.39 Å². The lowest BCUT2D eigenvalue weighted by Crippen LogP contribution is -2.43. The molecule has 21 heavy (non-hydrogen) atoms. The van der Waals surface area contributed by atoms with Crippen molar-refractivity contribution in [2.45, 2.75) is 50.6 Å². The number of benzene rings is 1. The largest absolute Gasteiger partial charge is 0.370 e. The van der Waals surface area contributed by atoms with Gasteiger partial charge in [0, 0.05) is 10.5 Å². The normalized spacial score (nSPS) is 24.0. The minimum Gasteiger partial charge on any atom is -0.370 e. The van der Waals surface area contributed by atoms with E-state index in [4.69, 9.17) is 5.73 Å². The summed E-state index contributed by atoms with van der Waals surface area (Å²) in [4.78, 5) is 6.66. The lowest BCUT2D eigenvalue weighted by molar-refractivity contribution is 0.236. The Labute approximate surface area is 133 Å². The average molecular weight is 354 g/mol. The van der Waals surface area contributed by atoms with E-state index in [0.717, 1.165) is 22.9 Å². The molecular weight excluding hydrogens is 333 g/mol. The molecule has 5 heteroatoms. The molecule has 1 heterocycles. The van der Waals surface area contributed by atoms with Gasteiger partial charge in [0.2, 0.25) is 0 Å². The molecule has 114 valence electrons. The summed E-state index contributed by atoms with van der Waals surface area (Å²) in [6.45, 7) is 0.615. The van der Waals surface area contributed by atoms with Crippen LogP contribution in [0.1, 0.15) is 50.1 Å². The minimum absolute atomic E-state index is 0.0539. The van der Waals surface area contributed by atoms with Crippen molar-refractivity contribution >= 4 is 21.9 Å². The van der Waals surface area contributed by atoms with E-state index in [1.54, 1.807) is 12.1 Å². The molecule has 0 radical (unpaired) electrons. The lowest BCUT2D eigenvalue weighted by Gasteiger charge is -2.34. The maximum atomic E-state index is 13.6. The van der Waals surface area contributed by atoms with Crippen LogP contribution in [0.3, 0.4) is 0 Å². The molecule has 1 aliphatic heterocycles. The SMILES string of the molecule is NC1=NCC(c2cc(F)ccc2Br)N1C1CCCCCC1. The number of hydrogen-bond donors (Lipinski definition) is 1. The Morgan fingerprint density at radius 3 is 2.62 bits per heavy atom. The summed E-state index contributed by atoms with van der Waals surface area (Å²) in [5, 5.41) is 0. The molecule has 1 atom stereocenters. The van der Waals surface area contributed by atoms with Gasteiger partial charge in [0.25, 0.3) is 0 Å². The van der Waals surface area contributed by atoms with E-state index in [1.807, 2.05) is 0 Å². The molecule has 1 aromatic rings. The van der Waals surface area contributed by atoms with Crippen LogP contribution in [0, 0.1) is 5.82 Å². The van der Waals surface area contributed by atoms with E-state index in [-0.39, 0.29) is 11.9 Å². The van der Waals surface area contributed by atoms with E-state index in [0.29, 0.717) is 18.5 Å². The molecule has 1 saturated carbocycles. The topological polar surface area (TPSA) is 41.6 Å².